The van der Waals surface area contributed by atoms with Crippen LogP contribution in [0.1, 0.15) is 56.2 Å². The third kappa shape index (κ3) is 5.02. The molecule has 1 saturated carbocycles. The number of aryl methyl sites for hydroxylation is 1. The van der Waals surface area contributed by atoms with Crippen LogP contribution in [0, 0.1) is 18.8 Å². The Hall–Kier alpha value is -0.980. The average molecular weight is 365 g/mol. The Morgan fingerprint density at radius 3 is 2.80 bits per heavy atom. The Morgan fingerprint density at radius 1 is 1.40 bits per heavy atom. The van der Waals surface area contributed by atoms with E-state index in [1.54, 1.807) is 11.3 Å². The van der Waals surface area contributed by atoms with E-state index < -0.39 is 0 Å². The van der Waals surface area contributed by atoms with Crippen molar-refractivity contribution in [2.24, 2.45) is 17.6 Å². The van der Waals surface area contributed by atoms with Crippen LogP contribution in [0.3, 0.4) is 0 Å². The summed E-state index contributed by atoms with van der Waals surface area (Å²) in [5.41, 5.74) is 7.21. The maximum absolute atomic E-state index is 12.6. The minimum absolute atomic E-state index is 0.0192. The summed E-state index contributed by atoms with van der Waals surface area (Å²) in [5, 5.41) is 6.50. The Labute approximate surface area is 155 Å². The molecule has 1 amide bonds. The van der Waals surface area contributed by atoms with Gasteiger partial charge in [-0.05, 0) is 58.5 Å². The Kier molecular flexibility index (Phi) is 6.12. The molecule has 1 aromatic heterocycles. The van der Waals surface area contributed by atoms with E-state index in [1.807, 2.05) is 6.92 Å². The average Bonchev–Trinajstić information content (AvgIpc) is 2.98. The van der Waals surface area contributed by atoms with E-state index in [-0.39, 0.29) is 17.4 Å². The van der Waals surface area contributed by atoms with E-state index in [2.05, 4.69) is 27.5 Å². The van der Waals surface area contributed by atoms with Gasteiger partial charge < -0.3 is 11.1 Å². The first-order chi connectivity index (χ1) is 11.9. The lowest BCUT2D eigenvalue weighted by molar-refractivity contribution is -0.128. The molecule has 2 aliphatic rings. The highest BCUT2D eigenvalue weighted by atomic mass is 32.1. The standard InChI is InChI=1S/C19H32N4OS/c1-14-22-16(13-25-14)12-23-9-6-15(7-10-23)11-21-18(24)17-5-3-4-8-19(17,2)20/h13,15,17H,3-12,20H2,1-2H3,(H,21,24). The fourth-order valence-corrected chi connectivity index (χ4v) is 4.82. The lowest BCUT2D eigenvalue weighted by Crippen LogP contribution is -2.53. The molecule has 25 heavy (non-hydrogen) atoms. The van der Waals surface area contributed by atoms with Crippen molar-refractivity contribution in [2.75, 3.05) is 19.6 Å². The largest absolute Gasteiger partial charge is 0.356 e. The minimum atomic E-state index is -0.336. The van der Waals surface area contributed by atoms with Crippen LogP contribution in [0.25, 0.3) is 0 Å². The van der Waals surface area contributed by atoms with Gasteiger partial charge >= 0.3 is 0 Å². The zero-order chi connectivity index (χ0) is 17.9. The van der Waals surface area contributed by atoms with Gasteiger partial charge in [0.15, 0.2) is 0 Å². The SMILES string of the molecule is Cc1nc(CN2CCC(CNC(=O)C3CCCCC3(C)N)CC2)cs1. The second-order valence-electron chi connectivity index (χ2n) is 8.13. The number of thiazole rings is 1. The van der Waals surface area contributed by atoms with Crippen molar-refractivity contribution in [1.29, 1.82) is 0 Å². The van der Waals surface area contributed by atoms with E-state index in [4.69, 9.17) is 5.73 Å². The summed E-state index contributed by atoms with van der Waals surface area (Å²) in [4.78, 5) is 19.6. The molecule has 2 heterocycles. The Bertz CT molecular complexity index is 578. The number of nitrogens with zero attached hydrogens (tertiary/aromatic N) is 2. The van der Waals surface area contributed by atoms with Crippen LogP contribution in [0.15, 0.2) is 5.38 Å². The maximum Gasteiger partial charge on any atom is 0.224 e. The van der Waals surface area contributed by atoms with Crippen molar-refractivity contribution in [3.63, 3.8) is 0 Å². The van der Waals surface area contributed by atoms with Gasteiger partial charge in [-0.3, -0.25) is 9.69 Å². The first-order valence-corrected chi connectivity index (χ1v) is 10.5. The third-order valence-corrected chi connectivity index (χ3v) is 6.72. The van der Waals surface area contributed by atoms with Crippen LogP contribution in [0.4, 0.5) is 0 Å². The van der Waals surface area contributed by atoms with Gasteiger partial charge in [-0.1, -0.05) is 12.8 Å². The zero-order valence-electron chi connectivity index (χ0n) is 15.6. The van der Waals surface area contributed by atoms with Crippen LogP contribution >= 0.6 is 11.3 Å². The summed E-state index contributed by atoms with van der Waals surface area (Å²) in [5.74, 6) is 0.740. The molecular formula is C19H32N4OS. The molecule has 2 unspecified atom stereocenters. The van der Waals surface area contributed by atoms with Crippen LogP contribution in [-0.4, -0.2) is 41.0 Å². The summed E-state index contributed by atoms with van der Waals surface area (Å²) in [6.45, 7) is 8.03. The summed E-state index contributed by atoms with van der Waals surface area (Å²) in [6, 6.07) is 0. The van der Waals surface area contributed by atoms with Crippen LogP contribution in [0.2, 0.25) is 0 Å². The highest BCUT2D eigenvalue weighted by Gasteiger charge is 2.37. The summed E-state index contributed by atoms with van der Waals surface area (Å²) in [7, 11) is 0. The minimum Gasteiger partial charge on any atom is -0.356 e. The van der Waals surface area contributed by atoms with Gasteiger partial charge in [-0.25, -0.2) is 4.98 Å². The fourth-order valence-electron chi connectivity index (χ4n) is 4.22. The molecule has 6 heteroatoms. The van der Waals surface area contributed by atoms with E-state index in [0.717, 1.165) is 69.7 Å². The molecule has 140 valence electrons. The molecule has 0 aromatic carbocycles. The van der Waals surface area contributed by atoms with Gasteiger partial charge in [-0.2, -0.15) is 0 Å². The molecule has 3 rings (SSSR count). The van der Waals surface area contributed by atoms with Crippen molar-refractivity contribution in [3.05, 3.63) is 16.1 Å². The topological polar surface area (TPSA) is 71.2 Å². The van der Waals surface area contributed by atoms with Crippen molar-refractivity contribution in [2.45, 2.75) is 64.5 Å². The quantitative estimate of drug-likeness (QED) is 0.843. The van der Waals surface area contributed by atoms with Crippen molar-refractivity contribution >= 4 is 17.2 Å². The third-order valence-electron chi connectivity index (χ3n) is 5.90. The van der Waals surface area contributed by atoms with E-state index in [1.165, 1.54) is 5.69 Å². The number of carbonyl (C=O) groups is 1. The number of piperidine rings is 1. The molecule has 2 fully saturated rings. The van der Waals surface area contributed by atoms with Gasteiger partial charge in [0, 0.05) is 24.0 Å². The predicted molar refractivity (Wildman–Crippen MR) is 102 cm³/mol. The molecule has 0 radical (unpaired) electrons. The van der Waals surface area contributed by atoms with Crippen LogP contribution in [0.5, 0.6) is 0 Å². The number of carbonyl (C=O) groups excluding carboxylic acids is 1. The van der Waals surface area contributed by atoms with Gasteiger partial charge in [0.1, 0.15) is 0 Å². The number of nitrogens with two attached hydrogens (primary N) is 1. The molecule has 3 N–H and O–H groups in total. The van der Waals surface area contributed by atoms with Crippen molar-refractivity contribution in [1.82, 2.24) is 15.2 Å². The lowest BCUT2D eigenvalue weighted by Gasteiger charge is -2.38. The van der Waals surface area contributed by atoms with Crippen molar-refractivity contribution < 1.29 is 4.79 Å². The fraction of sp³-hybridized carbons (Fsp3) is 0.789. The zero-order valence-corrected chi connectivity index (χ0v) is 16.4. The van der Waals surface area contributed by atoms with Gasteiger partial charge in [0.2, 0.25) is 5.91 Å². The van der Waals surface area contributed by atoms with Crippen LogP contribution in [-0.2, 0) is 11.3 Å². The number of aromatic nitrogens is 1. The van der Waals surface area contributed by atoms with Crippen molar-refractivity contribution in [3.8, 4) is 0 Å². The molecular weight excluding hydrogens is 332 g/mol. The van der Waals surface area contributed by atoms with E-state index in [0.29, 0.717) is 5.92 Å². The molecule has 2 atom stereocenters. The Morgan fingerprint density at radius 2 is 2.16 bits per heavy atom. The maximum atomic E-state index is 12.6. The Balaban J connectivity index is 1.39. The first-order valence-electron chi connectivity index (χ1n) is 9.64. The smallest absolute Gasteiger partial charge is 0.224 e. The number of likely N-dealkylation sites (tertiary alicyclic amines) is 1. The molecule has 1 aliphatic heterocycles. The number of nitrogens with one attached hydrogen (secondary N) is 1. The molecule has 1 saturated heterocycles. The second-order valence-corrected chi connectivity index (χ2v) is 9.19. The van der Waals surface area contributed by atoms with E-state index in [9.17, 15) is 4.79 Å². The number of hydrogen-bond donors (Lipinski definition) is 2. The molecule has 1 aromatic rings. The highest BCUT2D eigenvalue weighted by Crippen LogP contribution is 2.31. The predicted octanol–water partition coefficient (Wildman–Crippen LogP) is 2.69. The van der Waals surface area contributed by atoms with Gasteiger partial charge in [0.05, 0.1) is 16.6 Å². The molecule has 1 aliphatic carbocycles. The summed E-state index contributed by atoms with van der Waals surface area (Å²) in [6.07, 6.45) is 6.46. The summed E-state index contributed by atoms with van der Waals surface area (Å²) < 4.78 is 0. The first kappa shape index (κ1) is 18.8. The summed E-state index contributed by atoms with van der Waals surface area (Å²) >= 11 is 1.72. The van der Waals surface area contributed by atoms with Gasteiger partial charge in [0.25, 0.3) is 0 Å². The van der Waals surface area contributed by atoms with E-state index >= 15 is 0 Å². The molecule has 5 nitrogen and oxygen atoms in total. The number of amides is 1. The van der Waals surface area contributed by atoms with Crippen LogP contribution < -0.4 is 11.1 Å². The monoisotopic (exact) mass is 364 g/mol. The molecule has 0 bridgehead atoms. The normalized spacial score (nSPS) is 28.8. The second kappa shape index (κ2) is 8.14. The lowest BCUT2D eigenvalue weighted by atomic mass is 9.74. The van der Waals surface area contributed by atoms with Gasteiger partial charge in [-0.15, -0.1) is 11.3 Å². The molecule has 0 spiro atoms. The number of rotatable bonds is 5. The highest BCUT2D eigenvalue weighted by molar-refractivity contribution is 7.09. The number of hydrogen-bond acceptors (Lipinski definition) is 5.